The zero-order chi connectivity index (χ0) is 26.2. The molecule has 0 spiro atoms. The van der Waals surface area contributed by atoms with E-state index in [1.807, 2.05) is 24.8 Å². The number of aryl methyl sites for hydroxylation is 1. The Bertz CT molecular complexity index is 1100. The monoisotopic (exact) mass is 531 g/mol. The number of carbonyl (C=O) groups is 2. The molecule has 2 atom stereocenters. The molecule has 200 valence electrons. The third-order valence-electron chi connectivity index (χ3n) is 6.59. The number of hydrogen-bond donors (Lipinski definition) is 3. The van der Waals surface area contributed by atoms with E-state index in [4.69, 9.17) is 14.6 Å². The average Bonchev–Trinajstić information content (AvgIpc) is 2.88. The van der Waals surface area contributed by atoms with E-state index >= 15 is 0 Å². The molecule has 1 saturated carbocycles. The van der Waals surface area contributed by atoms with Gasteiger partial charge in [-0.15, -0.1) is 0 Å². The van der Waals surface area contributed by atoms with Gasteiger partial charge >= 0.3 is 0 Å². The third-order valence-corrected chi connectivity index (χ3v) is 7.64. The second-order valence-electron chi connectivity index (χ2n) is 9.50. The van der Waals surface area contributed by atoms with Crippen molar-refractivity contribution in [2.24, 2.45) is 0 Å². The lowest BCUT2D eigenvalue weighted by Gasteiger charge is -2.30. The van der Waals surface area contributed by atoms with Crippen molar-refractivity contribution in [1.82, 2.24) is 15.6 Å². The van der Waals surface area contributed by atoms with Crippen LogP contribution in [0.4, 0.5) is 4.39 Å². The smallest absolute Gasteiger partial charge is 0.256 e. The number of halogens is 1. The minimum absolute atomic E-state index is 0.0323. The maximum absolute atomic E-state index is 13.9. The van der Waals surface area contributed by atoms with Crippen LogP contribution < -0.4 is 20.1 Å². The molecule has 2 aliphatic rings. The number of aromatic nitrogens is 1. The zero-order valence-electron chi connectivity index (χ0n) is 21.0. The van der Waals surface area contributed by atoms with Gasteiger partial charge in [0.15, 0.2) is 0 Å². The van der Waals surface area contributed by atoms with Crippen molar-refractivity contribution >= 4 is 23.6 Å². The van der Waals surface area contributed by atoms with Crippen LogP contribution in [0.3, 0.4) is 0 Å². The minimum atomic E-state index is -0.685. The first-order chi connectivity index (χ1) is 17.9. The number of pyridine rings is 1. The van der Waals surface area contributed by atoms with Crippen molar-refractivity contribution in [2.75, 3.05) is 24.7 Å². The van der Waals surface area contributed by atoms with E-state index in [-0.39, 0.29) is 54.7 Å². The van der Waals surface area contributed by atoms with Gasteiger partial charge < -0.3 is 25.2 Å². The molecule has 1 aliphatic heterocycles. The predicted octanol–water partition coefficient (Wildman–Crippen LogP) is 3.65. The molecule has 37 heavy (non-hydrogen) atoms. The Morgan fingerprint density at radius 1 is 1.05 bits per heavy atom. The highest BCUT2D eigenvalue weighted by molar-refractivity contribution is 7.99. The molecular formula is C27H34FN3O5S. The van der Waals surface area contributed by atoms with Crippen molar-refractivity contribution in [1.29, 1.82) is 0 Å². The normalized spacial score (nSPS) is 20.2. The van der Waals surface area contributed by atoms with Gasteiger partial charge in [-0.1, -0.05) is 6.07 Å². The first-order valence-corrected chi connectivity index (χ1v) is 14.0. The molecule has 2 aromatic rings. The Morgan fingerprint density at radius 3 is 2.43 bits per heavy atom. The number of nitrogens with zero attached hydrogens (tertiary/aromatic N) is 1. The Morgan fingerprint density at radius 2 is 1.73 bits per heavy atom. The van der Waals surface area contributed by atoms with Gasteiger partial charge in [-0.05, 0) is 86.8 Å². The molecule has 8 nitrogen and oxygen atoms in total. The number of aliphatic hydroxyl groups is 1. The molecule has 1 aromatic heterocycles. The highest BCUT2D eigenvalue weighted by Gasteiger charge is 2.28. The highest BCUT2D eigenvalue weighted by Crippen LogP contribution is 2.26. The van der Waals surface area contributed by atoms with Crippen molar-refractivity contribution in [3.8, 4) is 11.6 Å². The molecule has 1 aliphatic carbocycles. The summed E-state index contributed by atoms with van der Waals surface area (Å²) in [6.07, 6.45) is 4.57. The molecule has 2 fully saturated rings. The van der Waals surface area contributed by atoms with Crippen molar-refractivity contribution in [2.45, 2.75) is 63.6 Å². The Balaban J connectivity index is 1.38. The van der Waals surface area contributed by atoms with E-state index in [9.17, 15) is 14.0 Å². The molecule has 10 heteroatoms. The van der Waals surface area contributed by atoms with Crippen LogP contribution in [0, 0.1) is 12.9 Å². The number of benzene rings is 1. The molecule has 1 saturated heterocycles. The van der Waals surface area contributed by atoms with Gasteiger partial charge in [0.2, 0.25) is 11.8 Å². The van der Waals surface area contributed by atoms with Gasteiger partial charge in [-0.3, -0.25) is 9.59 Å². The maximum Gasteiger partial charge on any atom is 0.256 e. The van der Waals surface area contributed by atoms with Crippen molar-refractivity contribution in [3.05, 3.63) is 53.0 Å². The lowest BCUT2D eigenvalue weighted by atomic mass is 9.90. The van der Waals surface area contributed by atoms with Crippen LogP contribution in [0.15, 0.2) is 30.3 Å². The summed E-state index contributed by atoms with van der Waals surface area (Å²) in [4.78, 5) is 30.0. The van der Waals surface area contributed by atoms with Gasteiger partial charge in [0.1, 0.15) is 24.0 Å². The number of ether oxygens (including phenoxy) is 2. The first-order valence-electron chi connectivity index (χ1n) is 12.8. The summed E-state index contributed by atoms with van der Waals surface area (Å²) in [6, 6.07) is 7.63. The number of thioether (sulfide) groups is 1. The quantitative estimate of drug-likeness (QED) is 0.424. The van der Waals surface area contributed by atoms with Crippen molar-refractivity contribution < 1.29 is 28.6 Å². The third kappa shape index (κ3) is 7.58. The number of carbonyl (C=O) groups excluding carboxylic acids is 2. The minimum Gasteiger partial charge on any atom is -0.490 e. The van der Waals surface area contributed by atoms with Gasteiger partial charge in [-0.2, -0.15) is 21.1 Å². The number of nitrogens with one attached hydrogen (secondary N) is 2. The SMILES string of the molecule is Cc1ccc(C(=O)NC2CCCC(NC(=O)c3ccc(F)nc3OC3CCSCC3)C2)c(OCCO)c1. The molecular weight excluding hydrogens is 497 g/mol. The van der Waals surface area contributed by atoms with Crippen LogP contribution in [0.2, 0.25) is 0 Å². The fourth-order valence-corrected chi connectivity index (χ4v) is 5.77. The Kier molecular flexibility index (Phi) is 9.62. The standard InChI is InChI=1S/C27H34FN3O5S/c1-17-5-6-21(23(15-17)35-12-11-32)25(33)29-18-3-2-4-19(16-18)30-26(34)22-7-8-24(28)31-27(22)36-20-9-13-37-14-10-20/h5-8,15,18-20,32H,2-4,9-14,16H2,1H3,(H,29,33)(H,30,34). The summed E-state index contributed by atoms with van der Waals surface area (Å²) in [5, 5.41) is 15.2. The summed E-state index contributed by atoms with van der Waals surface area (Å²) in [7, 11) is 0. The molecule has 0 radical (unpaired) electrons. The fourth-order valence-electron chi connectivity index (χ4n) is 4.70. The number of rotatable bonds is 9. The van der Waals surface area contributed by atoms with Gasteiger partial charge in [0, 0.05) is 12.1 Å². The Labute approximate surface area is 220 Å². The predicted molar refractivity (Wildman–Crippen MR) is 140 cm³/mol. The van der Waals surface area contributed by atoms with Crippen LogP contribution in [0.25, 0.3) is 0 Å². The van der Waals surface area contributed by atoms with Crippen molar-refractivity contribution in [3.63, 3.8) is 0 Å². The maximum atomic E-state index is 13.9. The van der Waals surface area contributed by atoms with E-state index < -0.39 is 5.95 Å². The molecule has 2 unspecified atom stereocenters. The summed E-state index contributed by atoms with van der Waals surface area (Å²) >= 11 is 1.85. The lowest BCUT2D eigenvalue weighted by molar-refractivity contribution is 0.0895. The molecule has 2 heterocycles. The van der Waals surface area contributed by atoms with Crippen LogP contribution in [0.1, 0.15) is 64.8 Å². The topological polar surface area (TPSA) is 110 Å². The molecule has 2 amide bonds. The van der Waals surface area contributed by atoms with E-state index in [0.717, 1.165) is 49.2 Å². The molecule has 1 aromatic carbocycles. The van der Waals surface area contributed by atoms with E-state index in [1.165, 1.54) is 12.1 Å². The fraction of sp³-hybridized carbons (Fsp3) is 0.519. The average molecular weight is 532 g/mol. The van der Waals surface area contributed by atoms with Crippen LogP contribution >= 0.6 is 11.8 Å². The number of hydrogen-bond acceptors (Lipinski definition) is 7. The summed E-state index contributed by atoms with van der Waals surface area (Å²) < 4.78 is 25.4. The van der Waals surface area contributed by atoms with Gasteiger partial charge in [-0.25, -0.2) is 0 Å². The zero-order valence-corrected chi connectivity index (χ0v) is 21.8. The molecule has 4 rings (SSSR count). The summed E-state index contributed by atoms with van der Waals surface area (Å²) in [5.41, 5.74) is 1.58. The lowest BCUT2D eigenvalue weighted by Crippen LogP contribution is -2.46. The summed E-state index contributed by atoms with van der Waals surface area (Å²) in [5.74, 6) is 1.10. The van der Waals surface area contributed by atoms with Crippen LogP contribution in [-0.4, -0.2) is 64.8 Å². The number of amides is 2. The van der Waals surface area contributed by atoms with E-state index in [2.05, 4.69) is 15.6 Å². The molecule has 3 N–H and O–H groups in total. The molecule has 0 bridgehead atoms. The van der Waals surface area contributed by atoms with E-state index in [0.29, 0.717) is 17.7 Å². The van der Waals surface area contributed by atoms with Gasteiger partial charge in [0.25, 0.3) is 11.8 Å². The largest absolute Gasteiger partial charge is 0.490 e. The van der Waals surface area contributed by atoms with E-state index in [1.54, 1.807) is 12.1 Å². The summed E-state index contributed by atoms with van der Waals surface area (Å²) in [6.45, 7) is 1.86. The van der Waals surface area contributed by atoms with Crippen LogP contribution in [-0.2, 0) is 0 Å². The van der Waals surface area contributed by atoms with Crippen LogP contribution in [0.5, 0.6) is 11.6 Å². The highest BCUT2D eigenvalue weighted by atomic mass is 32.2. The van der Waals surface area contributed by atoms with Gasteiger partial charge in [0.05, 0.1) is 12.2 Å². The first kappa shape index (κ1) is 27.2. The second-order valence-corrected chi connectivity index (χ2v) is 10.7. The number of aliphatic hydroxyl groups excluding tert-OH is 1. The second kappa shape index (κ2) is 13.1. The Hall–Kier alpha value is -2.85.